The van der Waals surface area contributed by atoms with Crippen molar-refractivity contribution in [2.24, 2.45) is 5.41 Å². The van der Waals surface area contributed by atoms with Crippen LogP contribution in [0.3, 0.4) is 0 Å². The molecular weight excluding hydrogens is 324 g/mol. The van der Waals surface area contributed by atoms with E-state index in [4.69, 9.17) is 5.26 Å². The third kappa shape index (κ3) is 3.70. The first-order chi connectivity index (χ1) is 12.3. The number of aromatic amines is 1. The number of nitrogens with zero attached hydrogens (tertiary/aromatic N) is 2. The number of hydrogen-bond donors (Lipinski definition) is 2. The summed E-state index contributed by atoms with van der Waals surface area (Å²) in [6, 6.07) is 9.78. The van der Waals surface area contributed by atoms with Crippen molar-refractivity contribution in [1.82, 2.24) is 10.2 Å². The fourth-order valence-electron chi connectivity index (χ4n) is 3.42. The van der Waals surface area contributed by atoms with E-state index in [0.29, 0.717) is 18.4 Å². The minimum absolute atomic E-state index is 0.0500. The Kier molecular flexibility index (Phi) is 4.69. The number of Topliss-reactive ketones (excluding diaryl/α,β-unsaturated/α-hetero) is 1. The molecule has 1 aromatic carbocycles. The summed E-state index contributed by atoms with van der Waals surface area (Å²) in [7, 11) is 0. The molecule has 0 aliphatic heterocycles. The third-order valence-corrected chi connectivity index (χ3v) is 4.95. The Morgan fingerprint density at radius 3 is 2.81 bits per heavy atom. The molecule has 0 atom stereocenters. The van der Waals surface area contributed by atoms with Crippen LogP contribution in [-0.2, 0) is 11.2 Å². The van der Waals surface area contributed by atoms with Gasteiger partial charge in [-0.15, -0.1) is 0 Å². The maximum Gasteiger partial charge on any atom is 0.160 e. The molecule has 26 heavy (non-hydrogen) atoms. The molecule has 1 aliphatic rings. The lowest BCUT2D eigenvalue weighted by Crippen LogP contribution is -2.27. The summed E-state index contributed by atoms with van der Waals surface area (Å²) in [6.07, 6.45) is 2.07. The van der Waals surface area contributed by atoms with Crippen LogP contribution in [0.15, 0.2) is 35.5 Å². The van der Waals surface area contributed by atoms with E-state index in [1.165, 1.54) is 0 Å². The molecule has 0 saturated carbocycles. The summed E-state index contributed by atoms with van der Waals surface area (Å²) in [5.74, 6) is 0.948. The Hall–Kier alpha value is -2.87. The highest BCUT2D eigenvalue weighted by Crippen LogP contribution is 2.37. The van der Waals surface area contributed by atoms with Gasteiger partial charge in [-0.25, -0.2) is 0 Å². The van der Waals surface area contributed by atoms with Crippen molar-refractivity contribution in [2.45, 2.75) is 47.0 Å². The lowest BCUT2D eigenvalue weighted by Gasteiger charge is -2.31. The molecular formula is C21H24N4O. The fourth-order valence-corrected chi connectivity index (χ4v) is 3.42. The summed E-state index contributed by atoms with van der Waals surface area (Å²) in [6.45, 7) is 8.10. The molecule has 0 unspecified atom stereocenters. The van der Waals surface area contributed by atoms with E-state index in [0.717, 1.165) is 40.3 Å². The van der Waals surface area contributed by atoms with Gasteiger partial charge in [0.05, 0.1) is 11.6 Å². The molecule has 0 fully saturated rings. The number of allylic oxidation sites excluding steroid dienone is 2. The first kappa shape index (κ1) is 17.9. The van der Waals surface area contributed by atoms with Crippen molar-refractivity contribution >= 4 is 11.6 Å². The van der Waals surface area contributed by atoms with E-state index in [1.807, 2.05) is 32.0 Å². The topological polar surface area (TPSA) is 81.6 Å². The maximum absolute atomic E-state index is 12.3. The van der Waals surface area contributed by atoms with Crippen molar-refractivity contribution in [3.63, 3.8) is 0 Å². The second-order valence-corrected chi connectivity index (χ2v) is 7.83. The average Bonchev–Trinajstić information content (AvgIpc) is 2.92. The van der Waals surface area contributed by atoms with Crippen LogP contribution >= 0.6 is 0 Å². The van der Waals surface area contributed by atoms with Gasteiger partial charge in [-0.1, -0.05) is 26.0 Å². The second kappa shape index (κ2) is 6.80. The van der Waals surface area contributed by atoms with Gasteiger partial charge in [-0.3, -0.25) is 9.89 Å². The Balaban J connectivity index is 1.90. The van der Waals surface area contributed by atoms with Gasteiger partial charge >= 0.3 is 0 Å². The predicted molar refractivity (Wildman–Crippen MR) is 102 cm³/mol. The molecule has 1 aliphatic carbocycles. The van der Waals surface area contributed by atoms with E-state index in [9.17, 15) is 4.79 Å². The van der Waals surface area contributed by atoms with Crippen LogP contribution in [0, 0.1) is 23.7 Å². The number of rotatable bonds is 4. The van der Waals surface area contributed by atoms with E-state index in [2.05, 4.69) is 35.4 Å². The SMILES string of the molecule is CC1=C(Nc2n[nH]c(C)c2Cc2cccc(C#N)c2)CC(C)(C)CC1=O. The smallest absolute Gasteiger partial charge is 0.160 e. The number of benzene rings is 1. The summed E-state index contributed by atoms with van der Waals surface area (Å²) in [5, 5.41) is 20.0. The maximum atomic E-state index is 12.3. The summed E-state index contributed by atoms with van der Waals surface area (Å²) >= 11 is 0. The summed E-state index contributed by atoms with van der Waals surface area (Å²) in [5.41, 5.74) is 5.43. The minimum atomic E-state index is -0.0500. The molecule has 1 aromatic heterocycles. The minimum Gasteiger partial charge on any atom is -0.342 e. The Labute approximate surface area is 154 Å². The van der Waals surface area contributed by atoms with Gasteiger partial charge in [-0.2, -0.15) is 10.4 Å². The van der Waals surface area contributed by atoms with Crippen molar-refractivity contribution in [2.75, 3.05) is 5.32 Å². The monoisotopic (exact) mass is 348 g/mol. The molecule has 5 heteroatoms. The lowest BCUT2D eigenvalue weighted by molar-refractivity contribution is -0.118. The van der Waals surface area contributed by atoms with E-state index >= 15 is 0 Å². The summed E-state index contributed by atoms with van der Waals surface area (Å²) in [4.78, 5) is 12.3. The largest absolute Gasteiger partial charge is 0.342 e. The molecule has 5 nitrogen and oxygen atoms in total. The van der Waals surface area contributed by atoms with Gasteiger partial charge in [0.1, 0.15) is 0 Å². The van der Waals surface area contributed by atoms with Crippen LogP contribution in [0.1, 0.15) is 56.0 Å². The molecule has 0 radical (unpaired) electrons. The van der Waals surface area contributed by atoms with Gasteiger partial charge in [-0.05, 0) is 43.4 Å². The van der Waals surface area contributed by atoms with Gasteiger partial charge in [0.15, 0.2) is 11.6 Å². The number of nitrogens with one attached hydrogen (secondary N) is 2. The van der Waals surface area contributed by atoms with Crippen molar-refractivity contribution in [1.29, 1.82) is 5.26 Å². The van der Waals surface area contributed by atoms with Crippen molar-refractivity contribution in [3.05, 3.63) is 57.9 Å². The molecule has 2 N–H and O–H groups in total. The number of nitriles is 1. The molecule has 1 heterocycles. The van der Waals surface area contributed by atoms with Crippen molar-refractivity contribution in [3.8, 4) is 6.07 Å². The molecule has 3 rings (SSSR count). The highest BCUT2D eigenvalue weighted by atomic mass is 16.1. The molecule has 0 bridgehead atoms. The second-order valence-electron chi connectivity index (χ2n) is 7.83. The molecule has 0 spiro atoms. The number of aryl methyl sites for hydroxylation is 1. The molecule has 134 valence electrons. The van der Waals surface area contributed by atoms with Crippen LogP contribution in [0.2, 0.25) is 0 Å². The van der Waals surface area contributed by atoms with E-state index in [1.54, 1.807) is 6.07 Å². The van der Waals surface area contributed by atoms with Gasteiger partial charge < -0.3 is 5.32 Å². The number of anilines is 1. The predicted octanol–water partition coefficient (Wildman–Crippen LogP) is 4.26. The number of ketones is 1. The third-order valence-electron chi connectivity index (χ3n) is 4.95. The van der Waals surface area contributed by atoms with Crippen LogP contribution in [0.25, 0.3) is 0 Å². The zero-order valence-electron chi connectivity index (χ0n) is 15.7. The Bertz CT molecular complexity index is 928. The first-order valence-electron chi connectivity index (χ1n) is 8.82. The zero-order valence-corrected chi connectivity index (χ0v) is 15.7. The van der Waals surface area contributed by atoms with Crippen LogP contribution < -0.4 is 5.32 Å². The van der Waals surface area contributed by atoms with E-state index < -0.39 is 0 Å². The van der Waals surface area contributed by atoms with Crippen LogP contribution in [0.4, 0.5) is 5.82 Å². The number of carbonyl (C=O) groups excluding carboxylic acids is 1. The number of aromatic nitrogens is 2. The molecule has 2 aromatic rings. The Morgan fingerprint density at radius 1 is 1.31 bits per heavy atom. The number of H-pyrrole nitrogens is 1. The van der Waals surface area contributed by atoms with Gasteiger partial charge in [0, 0.05) is 35.4 Å². The van der Waals surface area contributed by atoms with Gasteiger partial charge in [0.25, 0.3) is 0 Å². The normalized spacial score (nSPS) is 16.5. The number of carbonyl (C=O) groups is 1. The first-order valence-corrected chi connectivity index (χ1v) is 8.82. The van der Waals surface area contributed by atoms with Gasteiger partial charge in [0.2, 0.25) is 0 Å². The highest BCUT2D eigenvalue weighted by Gasteiger charge is 2.31. The molecule has 0 amide bonds. The van der Waals surface area contributed by atoms with E-state index in [-0.39, 0.29) is 11.2 Å². The zero-order chi connectivity index (χ0) is 18.9. The Morgan fingerprint density at radius 2 is 2.08 bits per heavy atom. The fraction of sp³-hybridized carbons (Fsp3) is 0.381. The summed E-state index contributed by atoms with van der Waals surface area (Å²) < 4.78 is 0. The van der Waals surface area contributed by atoms with Crippen molar-refractivity contribution < 1.29 is 4.79 Å². The van der Waals surface area contributed by atoms with Crippen LogP contribution in [-0.4, -0.2) is 16.0 Å². The van der Waals surface area contributed by atoms with Crippen LogP contribution in [0.5, 0.6) is 0 Å². The molecule has 0 saturated heterocycles. The standard InChI is InChI=1S/C21H24N4O/c1-13-18(10-21(3,4)11-19(13)26)23-20-17(14(2)24-25-20)9-15-6-5-7-16(8-15)12-22/h5-8H,9-11H2,1-4H3,(H2,23,24,25). The lowest BCUT2D eigenvalue weighted by atomic mass is 9.76. The average molecular weight is 348 g/mol. The number of hydrogen-bond acceptors (Lipinski definition) is 4. The quantitative estimate of drug-likeness (QED) is 0.865. The highest BCUT2D eigenvalue weighted by molar-refractivity contribution is 5.97.